The highest BCUT2D eigenvalue weighted by Gasteiger charge is 2.42. The smallest absolute Gasteiger partial charge is 0.0421 e. The van der Waals surface area contributed by atoms with Gasteiger partial charge < -0.3 is 5.73 Å². The van der Waals surface area contributed by atoms with Crippen LogP contribution in [0.4, 0.5) is 0 Å². The molecule has 0 saturated heterocycles. The third-order valence-corrected chi connectivity index (χ3v) is 7.58. The standard InChI is InChI=1S/C15H21NS2/c16-15(12-6-9-1-2-10(12)5-9)14-7-11-8-17-4-3-13(11)18-14/h7,9-10,12,15H,1-6,8,16H2. The van der Waals surface area contributed by atoms with Gasteiger partial charge in [0.15, 0.2) is 0 Å². The minimum atomic E-state index is 0.334. The summed E-state index contributed by atoms with van der Waals surface area (Å²) in [4.78, 5) is 3.11. The lowest BCUT2D eigenvalue weighted by Gasteiger charge is -2.27. The first-order valence-electron chi connectivity index (χ1n) is 7.26. The molecule has 3 aliphatic rings. The summed E-state index contributed by atoms with van der Waals surface area (Å²) in [6, 6.07) is 2.77. The first-order valence-corrected chi connectivity index (χ1v) is 9.23. The maximum absolute atomic E-state index is 6.60. The summed E-state index contributed by atoms with van der Waals surface area (Å²) in [7, 11) is 0. The Balaban J connectivity index is 1.57. The van der Waals surface area contributed by atoms with Crippen molar-refractivity contribution in [3.63, 3.8) is 0 Å². The maximum Gasteiger partial charge on any atom is 0.0421 e. The van der Waals surface area contributed by atoms with Gasteiger partial charge in [0, 0.05) is 21.5 Å². The van der Waals surface area contributed by atoms with Crippen LogP contribution < -0.4 is 5.73 Å². The number of hydrogen-bond donors (Lipinski definition) is 1. The Morgan fingerprint density at radius 3 is 2.94 bits per heavy atom. The van der Waals surface area contributed by atoms with Gasteiger partial charge >= 0.3 is 0 Å². The summed E-state index contributed by atoms with van der Waals surface area (Å²) in [5, 5.41) is 0. The average molecular weight is 279 g/mol. The maximum atomic E-state index is 6.60. The van der Waals surface area contributed by atoms with E-state index in [0.717, 1.165) is 17.8 Å². The van der Waals surface area contributed by atoms with Crippen molar-refractivity contribution in [1.29, 1.82) is 0 Å². The fourth-order valence-corrected chi connectivity index (χ4v) is 6.73. The van der Waals surface area contributed by atoms with Crippen LogP contribution in [0.2, 0.25) is 0 Å². The van der Waals surface area contributed by atoms with Gasteiger partial charge in [-0.15, -0.1) is 11.3 Å². The van der Waals surface area contributed by atoms with Gasteiger partial charge in [-0.1, -0.05) is 6.42 Å². The van der Waals surface area contributed by atoms with Crippen molar-refractivity contribution in [3.05, 3.63) is 21.4 Å². The SMILES string of the molecule is NC(c1cc2c(s1)CCSC2)C1CC2CCC1C2. The number of aryl methyl sites for hydroxylation is 1. The van der Waals surface area contributed by atoms with Crippen molar-refractivity contribution >= 4 is 23.1 Å². The number of hydrogen-bond acceptors (Lipinski definition) is 3. The van der Waals surface area contributed by atoms with Crippen LogP contribution in [0.15, 0.2) is 6.07 Å². The Bertz CT molecular complexity index is 430. The Morgan fingerprint density at radius 2 is 2.22 bits per heavy atom. The molecule has 1 nitrogen and oxygen atoms in total. The quantitative estimate of drug-likeness (QED) is 0.886. The molecule has 1 aliphatic heterocycles. The molecule has 4 unspecified atom stereocenters. The summed E-state index contributed by atoms with van der Waals surface area (Å²) in [5.74, 6) is 5.26. The zero-order valence-electron chi connectivity index (χ0n) is 10.7. The van der Waals surface area contributed by atoms with E-state index in [0.29, 0.717) is 6.04 Å². The van der Waals surface area contributed by atoms with Crippen LogP contribution in [0.5, 0.6) is 0 Å². The average Bonchev–Trinajstić information content (AvgIpc) is 3.11. The zero-order chi connectivity index (χ0) is 12.1. The monoisotopic (exact) mass is 279 g/mol. The van der Waals surface area contributed by atoms with E-state index in [1.54, 1.807) is 10.4 Å². The second-order valence-electron chi connectivity index (χ2n) is 6.26. The largest absolute Gasteiger partial charge is 0.323 e. The topological polar surface area (TPSA) is 26.0 Å². The molecule has 0 radical (unpaired) electrons. The predicted octanol–water partition coefficient (Wildman–Crippen LogP) is 3.97. The van der Waals surface area contributed by atoms with Crippen molar-refractivity contribution in [3.8, 4) is 0 Å². The highest BCUT2D eigenvalue weighted by atomic mass is 32.2. The van der Waals surface area contributed by atoms with Crippen LogP contribution in [-0.2, 0) is 12.2 Å². The molecule has 3 heteroatoms. The van der Waals surface area contributed by atoms with Crippen LogP contribution in [0, 0.1) is 17.8 Å². The van der Waals surface area contributed by atoms with E-state index < -0.39 is 0 Å². The van der Waals surface area contributed by atoms with Gasteiger partial charge in [0.2, 0.25) is 0 Å². The molecule has 1 aromatic heterocycles. The lowest BCUT2D eigenvalue weighted by molar-refractivity contribution is 0.287. The van der Waals surface area contributed by atoms with E-state index in [-0.39, 0.29) is 0 Å². The molecule has 2 saturated carbocycles. The number of rotatable bonds is 2. The van der Waals surface area contributed by atoms with Gasteiger partial charge in [-0.3, -0.25) is 0 Å². The molecule has 2 aliphatic carbocycles. The van der Waals surface area contributed by atoms with E-state index in [2.05, 4.69) is 17.8 Å². The lowest BCUT2D eigenvalue weighted by atomic mass is 9.83. The van der Waals surface area contributed by atoms with Crippen molar-refractivity contribution in [2.75, 3.05) is 5.75 Å². The highest BCUT2D eigenvalue weighted by molar-refractivity contribution is 7.98. The molecular formula is C15H21NS2. The molecule has 2 fully saturated rings. The van der Waals surface area contributed by atoms with Crippen molar-refractivity contribution in [2.24, 2.45) is 23.5 Å². The van der Waals surface area contributed by atoms with Crippen molar-refractivity contribution in [2.45, 2.75) is 43.9 Å². The Morgan fingerprint density at radius 1 is 1.28 bits per heavy atom. The Labute approximate surface area is 118 Å². The molecule has 4 atom stereocenters. The molecule has 1 aromatic rings. The van der Waals surface area contributed by atoms with Gasteiger partial charge in [-0.05, 0) is 60.8 Å². The molecule has 2 heterocycles. The van der Waals surface area contributed by atoms with E-state index in [1.165, 1.54) is 48.5 Å². The Hall–Kier alpha value is 0.01000. The van der Waals surface area contributed by atoms with Crippen LogP contribution in [0.3, 0.4) is 0 Å². The van der Waals surface area contributed by atoms with Gasteiger partial charge in [-0.2, -0.15) is 11.8 Å². The van der Waals surface area contributed by atoms with E-state index in [1.807, 2.05) is 11.3 Å². The Kier molecular flexibility index (Phi) is 2.97. The highest BCUT2D eigenvalue weighted by Crippen LogP contribution is 2.52. The number of fused-ring (bicyclic) bond motifs is 3. The number of thiophene rings is 1. The third-order valence-electron chi connectivity index (χ3n) is 5.23. The first-order chi connectivity index (χ1) is 8.81. The van der Waals surface area contributed by atoms with E-state index in [4.69, 9.17) is 5.73 Å². The summed E-state index contributed by atoms with van der Waals surface area (Å²) in [5.41, 5.74) is 8.19. The minimum Gasteiger partial charge on any atom is -0.323 e. The molecule has 4 rings (SSSR count). The second-order valence-corrected chi connectivity index (χ2v) is 8.54. The molecular weight excluding hydrogens is 258 g/mol. The lowest BCUT2D eigenvalue weighted by Crippen LogP contribution is -2.25. The summed E-state index contributed by atoms with van der Waals surface area (Å²) in [6.07, 6.45) is 7.08. The molecule has 0 aromatic carbocycles. The van der Waals surface area contributed by atoms with Crippen LogP contribution in [0.1, 0.15) is 47.0 Å². The third kappa shape index (κ3) is 1.86. The first kappa shape index (κ1) is 11.8. The summed E-state index contributed by atoms with van der Waals surface area (Å²) < 4.78 is 0. The van der Waals surface area contributed by atoms with Crippen molar-refractivity contribution < 1.29 is 0 Å². The normalized spacial score (nSPS) is 35.7. The fraction of sp³-hybridized carbons (Fsp3) is 0.733. The fourth-order valence-electron chi connectivity index (χ4n) is 4.28. The van der Waals surface area contributed by atoms with Gasteiger partial charge in [0.05, 0.1) is 0 Å². The molecule has 18 heavy (non-hydrogen) atoms. The minimum absolute atomic E-state index is 0.334. The van der Waals surface area contributed by atoms with E-state index in [9.17, 15) is 0 Å². The molecule has 2 N–H and O–H groups in total. The van der Waals surface area contributed by atoms with Crippen LogP contribution in [0.25, 0.3) is 0 Å². The van der Waals surface area contributed by atoms with E-state index >= 15 is 0 Å². The number of nitrogens with two attached hydrogens (primary N) is 1. The molecule has 0 spiro atoms. The molecule has 2 bridgehead atoms. The number of thioether (sulfide) groups is 1. The zero-order valence-corrected chi connectivity index (χ0v) is 12.4. The van der Waals surface area contributed by atoms with Gasteiger partial charge in [-0.25, -0.2) is 0 Å². The molecule has 0 amide bonds. The summed E-state index contributed by atoms with van der Waals surface area (Å²) in [6.45, 7) is 0. The van der Waals surface area contributed by atoms with Crippen LogP contribution >= 0.6 is 23.1 Å². The summed E-state index contributed by atoms with van der Waals surface area (Å²) >= 11 is 4.09. The second kappa shape index (κ2) is 4.53. The molecule has 98 valence electrons. The van der Waals surface area contributed by atoms with Crippen LogP contribution in [-0.4, -0.2) is 5.75 Å². The van der Waals surface area contributed by atoms with Gasteiger partial charge in [0.1, 0.15) is 0 Å². The van der Waals surface area contributed by atoms with Crippen molar-refractivity contribution in [1.82, 2.24) is 0 Å². The predicted molar refractivity (Wildman–Crippen MR) is 80.1 cm³/mol. The van der Waals surface area contributed by atoms with Gasteiger partial charge in [0.25, 0.3) is 0 Å².